The third-order valence-corrected chi connectivity index (χ3v) is 25.4. The van der Waals surface area contributed by atoms with E-state index < -0.39 is 16.1 Å². The van der Waals surface area contributed by atoms with Crippen LogP contribution in [0.4, 0.5) is 0 Å². The van der Waals surface area contributed by atoms with Crippen LogP contribution in [-0.4, -0.2) is 16.1 Å². The Kier molecular flexibility index (Phi) is 21.2. The smallest absolute Gasteiger partial charge is 0.358 e. The summed E-state index contributed by atoms with van der Waals surface area (Å²) in [5, 5.41) is 17.1. The third-order valence-electron chi connectivity index (χ3n) is 16.3. The molecule has 4 heteroatoms. The van der Waals surface area contributed by atoms with Crippen LogP contribution < -0.4 is 20.7 Å². The van der Waals surface area contributed by atoms with Crippen molar-refractivity contribution < 1.29 is 51.7 Å². The average Bonchev–Trinajstić information content (AvgIpc) is 4.23. The molecule has 0 aliphatic rings. The van der Waals surface area contributed by atoms with E-state index in [4.69, 9.17) is 0 Å². The molecule has 0 unspecified atom stereocenters. The fourth-order valence-corrected chi connectivity index (χ4v) is 17.7. The molecule has 0 spiro atoms. The average molecular weight is 1380 g/mol. The molecule has 12 aromatic carbocycles. The van der Waals surface area contributed by atoms with E-state index in [0.717, 1.165) is 0 Å². The second-order valence-corrected chi connectivity index (χ2v) is 30.1. The third kappa shape index (κ3) is 11.9. The summed E-state index contributed by atoms with van der Waals surface area (Å²) in [6.45, 7) is 18.5. The Bertz CT molecular complexity index is 3440. The van der Waals surface area contributed by atoms with Gasteiger partial charge in [-0.05, 0) is 49.9 Å². The molecule has 0 bridgehead atoms. The Morgan fingerprint density at radius 2 is 0.500 bits per heavy atom. The predicted molar refractivity (Wildman–Crippen MR) is 347 cm³/mol. The summed E-state index contributed by atoms with van der Waals surface area (Å²) in [5.41, 5.74) is 15.8. The zero-order valence-electron chi connectivity index (χ0n) is 48.2. The van der Waals surface area contributed by atoms with Crippen LogP contribution >= 0.6 is 0 Å². The molecule has 12 rings (SSSR count). The standard InChI is InChI=1S/2C35H32Si.4CH3.2Hf/c2*1-5-36(4,30-20-28-14-8-16-32(34(28)22-30)26-12-6-10-24(2)18-26)31-21-29-15-9-17-33(35(29)23-31)27-13-7-11-25(3)19-27;;;;;;/h2*6-23H,5H2,1-4H3;4*1H3;;/q2*-2;4*-1;2*+4. The Balaban J connectivity index is 0.000000267. The minimum Gasteiger partial charge on any atom is -0.358 e. The van der Waals surface area contributed by atoms with Gasteiger partial charge in [0.1, 0.15) is 0 Å². The van der Waals surface area contributed by atoms with E-state index in [1.165, 1.54) is 143 Å². The molecule has 0 saturated heterocycles. The Hall–Kier alpha value is -5.63. The van der Waals surface area contributed by atoms with Gasteiger partial charge in [0.2, 0.25) is 0 Å². The van der Waals surface area contributed by atoms with Crippen LogP contribution in [0.2, 0.25) is 25.2 Å². The molecule has 0 amide bonds. The molecular weight excluding hydrogens is 1300 g/mol. The van der Waals surface area contributed by atoms with Gasteiger partial charge in [0, 0.05) is 0 Å². The molecule has 0 heterocycles. The van der Waals surface area contributed by atoms with Gasteiger partial charge in [0.05, 0.1) is 16.1 Å². The molecule has 12 aromatic rings. The van der Waals surface area contributed by atoms with Gasteiger partial charge in [-0.3, -0.25) is 0 Å². The summed E-state index contributed by atoms with van der Waals surface area (Å²) in [7, 11) is -3.82. The van der Waals surface area contributed by atoms with Gasteiger partial charge in [0.25, 0.3) is 0 Å². The summed E-state index contributed by atoms with van der Waals surface area (Å²) >= 11 is 0. The molecule has 0 aliphatic heterocycles. The van der Waals surface area contributed by atoms with E-state index in [2.05, 4.69) is 273 Å². The van der Waals surface area contributed by atoms with Gasteiger partial charge in [-0.25, -0.2) is 0 Å². The maximum Gasteiger partial charge on any atom is 4.00 e. The van der Waals surface area contributed by atoms with E-state index in [9.17, 15) is 0 Å². The van der Waals surface area contributed by atoms with Crippen LogP contribution in [0.15, 0.2) is 218 Å². The second-order valence-electron chi connectivity index (χ2n) is 21.1. The van der Waals surface area contributed by atoms with Crippen molar-refractivity contribution >= 4 is 80.0 Å². The summed E-state index contributed by atoms with van der Waals surface area (Å²) in [5.74, 6) is 0. The molecule has 0 fully saturated rings. The number of benzene rings is 8. The number of aryl methyl sites for hydroxylation is 4. The summed E-state index contributed by atoms with van der Waals surface area (Å²) in [6, 6.07) is 84.8. The van der Waals surface area contributed by atoms with Crippen LogP contribution in [0.3, 0.4) is 0 Å². The van der Waals surface area contributed by atoms with E-state index in [-0.39, 0.29) is 81.4 Å². The first-order chi connectivity index (χ1) is 34.9. The van der Waals surface area contributed by atoms with E-state index >= 15 is 0 Å². The quantitative estimate of drug-likeness (QED) is 0.0946. The zero-order valence-corrected chi connectivity index (χ0v) is 57.4. The van der Waals surface area contributed by atoms with Gasteiger partial charge in [-0.2, -0.15) is 24.3 Å². The molecular formula is C74H76Hf2Si2. The van der Waals surface area contributed by atoms with Crippen LogP contribution in [0.25, 0.3) is 87.6 Å². The summed E-state index contributed by atoms with van der Waals surface area (Å²) in [6.07, 6.45) is 0. The number of rotatable bonds is 10. The van der Waals surface area contributed by atoms with Crippen LogP contribution in [-0.2, 0) is 51.7 Å². The largest absolute Gasteiger partial charge is 4.00 e. The number of fused-ring (bicyclic) bond motifs is 4. The molecule has 0 aliphatic carbocycles. The monoisotopic (exact) mass is 1380 g/mol. The molecule has 0 aromatic heterocycles. The van der Waals surface area contributed by atoms with Crippen molar-refractivity contribution in [2.24, 2.45) is 0 Å². The normalized spacial score (nSPS) is 11.1. The van der Waals surface area contributed by atoms with Crippen molar-refractivity contribution in [3.8, 4) is 44.5 Å². The first-order valence-electron chi connectivity index (χ1n) is 26.0. The van der Waals surface area contributed by atoms with Gasteiger partial charge in [-0.15, -0.1) is 137 Å². The Labute approximate surface area is 508 Å². The van der Waals surface area contributed by atoms with Crippen molar-refractivity contribution in [2.45, 2.75) is 66.7 Å². The predicted octanol–water partition coefficient (Wildman–Crippen LogP) is 19.0. The topological polar surface area (TPSA) is 0 Å². The minimum absolute atomic E-state index is 0. The van der Waals surface area contributed by atoms with Crippen LogP contribution in [0.1, 0.15) is 36.1 Å². The number of hydrogen-bond donors (Lipinski definition) is 0. The minimum atomic E-state index is -1.91. The Morgan fingerprint density at radius 3 is 0.692 bits per heavy atom. The van der Waals surface area contributed by atoms with Crippen molar-refractivity contribution in [1.82, 2.24) is 0 Å². The fraction of sp³-hybridized carbons (Fsp3) is 0.135. The van der Waals surface area contributed by atoms with Crippen molar-refractivity contribution in [2.75, 3.05) is 0 Å². The van der Waals surface area contributed by atoms with Crippen molar-refractivity contribution in [3.05, 3.63) is 270 Å². The first-order valence-corrected chi connectivity index (χ1v) is 31.4. The zero-order chi connectivity index (χ0) is 49.7. The maximum atomic E-state index is 2.55. The molecule has 0 nitrogen and oxygen atoms in total. The molecule has 78 heavy (non-hydrogen) atoms. The summed E-state index contributed by atoms with van der Waals surface area (Å²) < 4.78 is 0. The van der Waals surface area contributed by atoms with Gasteiger partial charge in [-0.1, -0.05) is 205 Å². The number of hydrogen-bond acceptors (Lipinski definition) is 0. The van der Waals surface area contributed by atoms with E-state index in [1.54, 1.807) is 0 Å². The van der Waals surface area contributed by atoms with Crippen LogP contribution in [0.5, 0.6) is 0 Å². The first kappa shape index (κ1) is 63.2. The molecule has 388 valence electrons. The van der Waals surface area contributed by atoms with Gasteiger partial charge >= 0.3 is 51.7 Å². The van der Waals surface area contributed by atoms with Crippen molar-refractivity contribution in [1.29, 1.82) is 0 Å². The van der Waals surface area contributed by atoms with E-state index in [0.29, 0.717) is 0 Å². The molecule has 0 radical (unpaired) electrons. The van der Waals surface area contributed by atoms with Gasteiger partial charge in [0.15, 0.2) is 0 Å². The fourth-order valence-electron chi connectivity index (χ4n) is 11.6. The molecule has 0 saturated carbocycles. The molecule has 0 N–H and O–H groups in total. The van der Waals surface area contributed by atoms with Gasteiger partial charge < -0.3 is 29.7 Å². The second kappa shape index (κ2) is 26.1. The SMILES string of the molecule is CC[Si](C)(c1cc2c(-c3cccc(C)c3)cccc2[cH-]1)c1cc2c(-c3cccc(C)c3)cccc2[cH-]1.CC[Si](C)(c1cc2c(-c3cccc(C)c3)cccc2[cH-]1)c1cc2c(-c3cccc(C)c3)cccc2[cH-]1.[CH3-].[CH3-].[CH3-].[CH3-].[Hf+4].[Hf+4]. The van der Waals surface area contributed by atoms with Crippen LogP contribution in [0, 0.1) is 57.4 Å². The van der Waals surface area contributed by atoms with Crippen molar-refractivity contribution in [3.63, 3.8) is 0 Å². The summed E-state index contributed by atoms with van der Waals surface area (Å²) in [4.78, 5) is 0. The Morgan fingerprint density at radius 1 is 0.295 bits per heavy atom. The maximum absolute atomic E-state index is 2.55. The molecule has 0 atom stereocenters. The van der Waals surface area contributed by atoms with E-state index in [1.807, 2.05) is 0 Å².